The van der Waals surface area contributed by atoms with Gasteiger partial charge in [0.05, 0.1) is 17.0 Å². The van der Waals surface area contributed by atoms with E-state index in [-0.39, 0.29) is 11.3 Å². The summed E-state index contributed by atoms with van der Waals surface area (Å²) in [6.45, 7) is 6.24. The Hall–Kier alpha value is -2.88. The minimum absolute atomic E-state index is 0.0854. The average molecular weight is 347 g/mol. The summed E-state index contributed by atoms with van der Waals surface area (Å²) in [5.74, 6) is -0.0854. The number of carbonyl (C=O) groups is 1. The molecule has 0 N–H and O–H groups in total. The number of benzene rings is 2. The lowest BCUT2D eigenvalue weighted by atomic mass is 9.85. The van der Waals surface area contributed by atoms with Gasteiger partial charge in [-0.3, -0.25) is 4.79 Å². The summed E-state index contributed by atoms with van der Waals surface area (Å²) in [7, 11) is 4.02. The second kappa shape index (κ2) is 6.79. The van der Waals surface area contributed by atoms with Gasteiger partial charge in [0.1, 0.15) is 0 Å². The zero-order valence-electron chi connectivity index (χ0n) is 16.0. The number of anilines is 2. The normalized spacial score (nSPS) is 16.2. The van der Waals surface area contributed by atoms with E-state index in [0.29, 0.717) is 5.57 Å². The van der Waals surface area contributed by atoms with Crippen LogP contribution in [-0.4, -0.2) is 25.7 Å². The van der Waals surface area contributed by atoms with Gasteiger partial charge in [-0.2, -0.15) is 10.1 Å². The molecule has 1 amide bonds. The van der Waals surface area contributed by atoms with Crippen molar-refractivity contribution < 1.29 is 4.79 Å². The van der Waals surface area contributed by atoms with E-state index >= 15 is 0 Å². The van der Waals surface area contributed by atoms with Crippen molar-refractivity contribution in [1.82, 2.24) is 0 Å². The minimum atomic E-state index is -0.228. The molecule has 0 aliphatic carbocycles. The Bertz CT molecular complexity index is 857. The maximum absolute atomic E-state index is 13.1. The van der Waals surface area contributed by atoms with E-state index in [4.69, 9.17) is 0 Å². The molecular weight excluding hydrogens is 322 g/mol. The van der Waals surface area contributed by atoms with Crippen LogP contribution in [0.15, 0.2) is 65.3 Å². The molecule has 0 saturated carbocycles. The van der Waals surface area contributed by atoms with Crippen LogP contribution < -0.4 is 9.91 Å². The number of amides is 1. The second-order valence-corrected chi connectivity index (χ2v) is 7.70. The first-order valence-corrected chi connectivity index (χ1v) is 8.75. The molecule has 0 atom stereocenters. The summed E-state index contributed by atoms with van der Waals surface area (Å²) in [5, 5.41) is 6.16. The molecule has 3 rings (SSSR count). The molecule has 26 heavy (non-hydrogen) atoms. The van der Waals surface area contributed by atoms with Gasteiger partial charge >= 0.3 is 0 Å². The zero-order valence-corrected chi connectivity index (χ0v) is 16.0. The lowest BCUT2D eigenvalue weighted by Gasteiger charge is -2.18. The molecule has 4 nitrogen and oxygen atoms in total. The molecule has 2 aromatic rings. The van der Waals surface area contributed by atoms with Crippen LogP contribution in [0.25, 0.3) is 6.08 Å². The maximum Gasteiger partial charge on any atom is 0.280 e. The molecule has 0 aromatic heterocycles. The van der Waals surface area contributed by atoms with E-state index in [2.05, 4.69) is 42.9 Å². The van der Waals surface area contributed by atoms with Crippen molar-refractivity contribution >= 4 is 29.1 Å². The Morgan fingerprint density at radius 3 is 2.12 bits per heavy atom. The van der Waals surface area contributed by atoms with Gasteiger partial charge in [0, 0.05) is 25.2 Å². The molecule has 0 spiro atoms. The molecule has 0 unspecified atom stereocenters. The number of nitrogens with zero attached hydrogens (tertiary/aromatic N) is 3. The highest BCUT2D eigenvalue weighted by atomic mass is 16.2. The van der Waals surface area contributed by atoms with E-state index in [1.54, 1.807) is 0 Å². The average Bonchev–Trinajstić information content (AvgIpc) is 2.93. The molecule has 1 heterocycles. The lowest BCUT2D eigenvalue weighted by Crippen LogP contribution is -2.24. The van der Waals surface area contributed by atoms with Gasteiger partial charge in [0.25, 0.3) is 5.91 Å². The standard InChI is InChI=1S/C22H25N3O/c1-22(2,3)20-19(15-16-11-13-17(14-12-16)24(4)5)21(26)25(23-20)18-9-7-6-8-10-18/h6-15H,1-5H3. The number of rotatable bonds is 3. The minimum Gasteiger partial charge on any atom is -0.378 e. The Balaban J connectivity index is 2.02. The van der Waals surface area contributed by atoms with Crippen molar-refractivity contribution in [2.75, 3.05) is 24.0 Å². The quantitative estimate of drug-likeness (QED) is 0.762. The van der Waals surface area contributed by atoms with Crippen LogP contribution in [-0.2, 0) is 4.79 Å². The topological polar surface area (TPSA) is 35.9 Å². The summed E-state index contributed by atoms with van der Waals surface area (Å²) < 4.78 is 0. The van der Waals surface area contributed by atoms with Gasteiger partial charge in [-0.25, -0.2) is 0 Å². The van der Waals surface area contributed by atoms with Crippen LogP contribution in [0, 0.1) is 5.41 Å². The number of hydrogen-bond acceptors (Lipinski definition) is 3. The van der Waals surface area contributed by atoms with Gasteiger partial charge in [-0.05, 0) is 35.9 Å². The molecule has 134 valence electrons. The van der Waals surface area contributed by atoms with E-state index < -0.39 is 0 Å². The number of hydrogen-bond donors (Lipinski definition) is 0. The molecule has 1 aliphatic heterocycles. The highest BCUT2D eigenvalue weighted by molar-refractivity contribution is 6.34. The molecule has 0 saturated heterocycles. The van der Waals surface area contributed by atoms with E-state index in [9.17, 15) is 4.79 Å². The predicted molar refractivity (Wildman–Crippen MR) is 110 cm³/mol. The third kappa shape index (κ3) is 3.54. The van der Waals surface area contributed by atoms with Gasteiger partial charge in [-0.15, -0.1) is 0 Å². The lowest BCUT2D eigenvalue weighted by molar-refractivity contribution is -0.114. The Morgan fingerprint density at radius 2 is 1.58 bits per heavy atom. The van der Waals surface area contributed by atoms with Gasteiger partial charge < -0.3 is 4.90 Å². The van der Waals surface area contributed by atoms with Crippen molar-refractivity contribution in [1.29, 1.82) is 0 Å². The fraction of sp³-hybridized carbons (Fsp3) is 0.273. The van der Waals surface area contributed by atoms with E-state index in [0.717, 1.165) is 22.6 Å². The Morgan fingerprint density at radius 1 is 0.962 bits per heavy atom. The highest BCUT2D eigenvalue weighted by Gasteiger charge is 2.37. The molecular formula is C22H25N3O. The van der Waals surface area contributed by atoms with Crippen LogP contribution in [0.3, 0.4) is 0 Å². The first kappa shape index (κ1) is 17.9. The van der Waals surface area contributed by atoms with Gasteiger partial charge in [0.15, 0.2) is 0 Å². The van der Waals surface area contributed by atoms with Gasteiger partial charge in [-0.1, -0.05) is 51.1 Å². The first-order valence-electron chi connectivity index (χ1n) is 8.75. The van der Waals surface area contributed by atoms with Crippen LogP contribution in [0.4, 0.5) is 11.4 Å². The molecule has 0 radical (unpaired) electrons. The summed E-state index contributed by atoms with van der Waals surface area (Å²) >= 11 is 0. The third-order valence-corrected chi connectivity index (χ3v) is 4.31. The molecule has 4 heteroatoms. The highest BCUT2D eigenvalue weighted by Crippen LogP contribution is 2.32. The van der Waals surface area contributed by atoms with E-state index in [1.807, 2.05) is 62.6 Å². The summed E-state index contributed by atoms with van der Waals surface area (Å²) in [6, 6.07) is 17.7. The van der Waals surface area contributed by atoms with Crippen molar-refractivity contribution in [2.45, 2.75) is 20.8 Å². The maximum atomic E-state index is 13.1. The van der Waals surface area contributed by atoms with Crippen LogP contribution >= 0.6 is 0 Å². The summed E-state index contributed by atoms with van der Waals surface area (Å²) in [4.78, 5) is 15.1. The van der Waals surface area contributed by atoms with Crippen LogP contribution in [0.2, 0.25) is 0 Å². The van der Waals surface area contributed by atoms with Crippen molar-refractivity contribution in [3.63, 3.8) is 0 Å². The van der Waals surface area contributed by atoms with Crippen molar-refractivity contribution in [3.05, 3.63) is 65.7 Å². The molecule has 2 aromatic carbocycles. The van der Waals surface area contributed by atoms with Crippen LogP contribution in [0.5, 0.6) is 0 Å². The molecule has 0 fully saturated rings. The third-order valence-electron chi connectivity index (χ3n) is 4.31. The number of para-hydroxylation sites is 1. The van der Waals surface area contributed by atoms with Crippen molar-refractivity contribution in [2.24, 2.45) is 10.5 Å². The van der Waals surface area contributed by atoms with Gasteiger partial charge in [0.2, 0.25) is 0 Å². The molecule has 0 bridgehead atoms. The Kier molecular flexibility index (Phi) is 4.68. The Labute approximate surface area is 155 Å². The summed E-state index contributed by atoms with van der Waals surface area (Å²) in [6.07, 6.45) is 1.94. The fourth-order valence-electron chi connectivity index (χ4n) is 2.88. The second-order valence-electron chi connectivity index (χ2n) is 7.70. The predicted octanol–water partition coefficient (Wildman–Crippen LogP) is 4.58. The number of hydrazone groups is 1. The monoisotopic (exact) mass is 347 g/mol. The largest absolute Gasteiger partial charge is 0.378 e. The fourth-order valence-corrected chi connectivity index (χ4v) is 2.88. The van der Waals surface area contributed by atoms with Crippen LogP contribution in [0.1, 0.15) is 26.3 Å². The van der Waals surface area contributed by atoms with Crippen molar-refractivity contribution in [3.8, 4) is 0 Å². The summed E-state index contributed by atoms with van der Waals surface area (Å²) in [5.41, 5.74) is 4.13. The smallest absolute Gasteiger partial charge is 0.280 e. The van der Waals surface area contributed by atoms with E-state index in [1.165, 1.54) is 5.01 Å². The SMILES string of the molecule is CN(C)c1ccc(C=C2C(=O)N(c3ccccc3)N=C2C(C)(C)C)cc1. The first-order chi connectivity index (χ1) is 12.3. The zero-order chi connectivity index (χ0) is 18.9. The number of carbonyl (C=O) groups excluding carboxylic acids is 1. The molecule has 1 aliphatic rings.